The zero-order valence-electron chi connectivity index (χ0n) is 15.0. The van der Waals surface area contributed by atoms with Crippen LogP contribution in [0.4, 0.5) is 19.1 Å². The van der Waals surface area contributed by atoms with E-state index in [2.05, 4.69) is 15.0 Å². The number of halogens is 3. The Kier molecular flexibility index (Phi) is 4.82. The number of hydrogen-bond donors (Lipinski definition) is 1. The number of thioether (sulfide) groups is 1. The van der Waals surface area contributed by atoms with Gasteiger partial charge in [-0.15, -0.1) is 0 Å². The molecule has 0 aliphatic carbocycles. The van der Waals surface area contributed by atoms with Gasteiger partial charge in [-0.3, -0.25) is 4.99 Å². The summed E-state index contributed by atoms with van der Waals surface area (Å²) in [5, 5.41) is 0.378. The van der Waals surface area contributed by atoms with E-state index >= 15 is 0 Å². The quantitative estimate of drug-likeness (QED) is 0.837. The van der Waals surface area contributed by atoms with E-state index in [-0.39, 0.29) is 29.3 Å². The molecule has 6 nitrogen and oxygen atoms in total. The van der Waals surface area contributed by atoms with Crippen molar-refractivity contribution in [2.75, 3.05) is 31.6 Å². The Hall–Kier alpha value is -2.49. The fraction of sp³-hybridized carbons (Fsp3) is 0.389. The van der Waals surface area contributed by atoms with Crippen LogP contribution in [0, 0.1) is 17.6 Å². The van der Waals surface area contributed by atoms with Crippen LogP contribution in [-0.4, -0.2) is 41.9 Å². The smallest absolute Gasteiger partial charge is 0.255 e. The second-order valence-electron chi connectivity index (χ2n) is 6.65. The highest BCUT2D eigenvalue weighted by atomic mass is 32.2. The Morgan fingerprint density at radius 1 is 1.32 bits per heavy atom. The van der Waals surface area contributed by atoms with Crippen LogP contribution in [0.2, 0.25) is 0 Å². The molecule has 0 spiro atoms. The standard InChI is InChI=1S/C18H18F3N5OS/c1-27-15-14(21)13(6-19)24-17(25-15)26-8-10-7-23-16(22)28-18(10,9-26)11-4-2-3-5-12(11)20/h2-5,10H,6-9H2,1H3,(H2,22,23)/t10-,18-/m0/s1. The first-order chi connectivity index (χ1) is 13.5. The first kappa shape index (κ1) is 18.9. The Bertz CT molecular complexity index is 918. The molecule has 10 heteroatoms. The molecule has 2 N–H and O–H groups in total. The number of alkyl halides is 1. The van der Waals surface area contributed by atoms with Gasteiger partial charge in [0.1, 0.15) is 18.2 Å². The summed E-state index contributed by atoms with van der Waals surface area (Å²) in [6, 6.07) is 6.54. The van der Waals surface area contributed by atoms with Crippen molar-refractivity contribution in [3.05, 3.63) is 47.2 Å². The van der Waals surface area contributed by atoms with E-state index in [1.807, 2.05) is 0 Å². The van der Waals surface area contributed by atoms with Crippen molar-refractivity contribution in [2.45, 2.75) is 11.4 Å². The number of hydrogen-bond acceptors (Lipinski definition) is 7. The molecule has 0 radical (unpaired) electrons. The highest BCUT2D eigenvalue weighted by Gasteiger charge is 2.52. The van der Waals surface area contributed by atoms with E-state index in [1.54, 1.807) is 23.1 Å². The molecular formula is C18H18F3N5OS. The number of benzene rings is 1. The first-order valence-electron chi connectivity index (χ1n) is 8.63. The maximum absolute atomic E-state index is 14.7. The molecule has 3 heterocycles. The van der Waals surface area contributed by atoms with Gasteiger partial charge in [0.25, 0.3) is 5.88 Å². The molecule has 0 unspecified atom stereocenters. The van der Waals surface area contributed by atoms with Gasteiger partial charge in [0.05, 0.1) is 11.9 Å². The fourth-order valence-electron chi connectivity index (χ4n) is 3.77. The number of aliphatic imine (C=N–C) groups is 1. The summed E-state index contributed by atoms with van der Waals surface area (Å²) in [7, 11) is 1.26. The lowest BCUT2D eigenvalue weighted by atomic mass is 9.87. The number of fused-ring (bicyclic) bond motifs is 1. The molecule has 0 amide bonds. The summed E-state index contributed by atoms with van der Waals surface area (Å²) in [6.07, 6.45) is 0. The second-order valence-corrected chi connectivity index (χ2v) is 8.01. The minimum Gasteiger partial charge on any atom is -0.479 e. The zero-order chi connectivity index (χ0) is 19.9. The maximum Gasteiger partial charge on any atom is 0.255 e. The Labute approximate surface area is 164 Å². The first-order valence-corrected chi connectivity index (χ1v) is 9.45. The molecular weight excluding hydrogens is 391 g/mol. The number of nitrogens with two attached hydrogens (primary N) is 1. The van der Waals surface area contributed by atoms with Crippen LogP contribution in [0.25, 0.3) is 0 Å². The van der Waals surface area contributed by atoms with Gasteiger partial charge in [0.15, 0.2) is 5.17 Å². The number of rotatable bonds is 4. The molecule has 2 aliphatic rings. The summed E-state index contributed by atoms with van der Waals surface area (Å²) in [5.41, 5.74) is 6.12. The van der Waals surface area contributed by atoms with Crippen molar-refractivity contribution in [3.63, 3.8) is 0 Å². The Balaban J connectivity index is 1.77. The van der Waals surface area contributed by atoms with E-state index in [0.29, 0.717) is 30.4 Å². The van der Waals surface area contributed by atoms with E-state index < -0.39 is 17.2 Å². The summed E-state index contributed by atoms with van der Waals surface area (Å²) in [4.78, 5) is 14.2. The van der Waals surface area contributed by atoms with E-state index in [4.69, 9.17) is 10.5 Å². The maximum atomic E-state index is 14.7. The van der Waals surface area contributed by atoms with Gasteiger partial charge in [0, 0.05) is 31.1 Å². The fourth-order valence-corrected chi connectivity index (χ4v) is 5.09. The molecule has 2 atom stereocenters. The number of amidine groups is 1. The van der Waals surface area contributed by atoms with E-state index in [1.165, 1.54) is 24.9 Å². The number of nitrogens with zero attached hydrogens (tertiary/aromatic N) is 4. The lowest BCUT2D eigenvalue weighted by Gasteiger charge is -2.36. The van der Waals surface area contributed by atoms with Gasteiger partial charge < -0.3 is 15.4 Å². The zero-order valence-corrected chi connectivity index (χ0v) is 15.8. The number of aromatic nitrogens is 2. The molecule has 28 heavy (non-hydrogen) atoms. The van der Waals surface area contributed by atoms with E-state index in [9.17, 15) is 13.2 Å². The number of anilines is 1. The third-order valence-corrected chi connectivity index (χ3v) is 6.48. The SMILES string of the molecule is COc1nc(N2C[C@@H]3CN=C(N)S[C@@]3(c3ccccc3F)C2)nc(CF)c1F. The number of ether oxygens (including phenoxy) is 1. The second kappa shape index (κ2) is 7.16. The third kappa shape index (κ3) is 2.95. The third-order valence-electron chi connectivity index (χ3n) is 5.09. The molecule has 1 fully saturated rings. The monoisotopic (exact) mass is 409 g/mol. The molecule has 2 aromatic rings. The van der Waals surface area contributed by atoms with Crippen LogP contribution in [0.3, 0.4) is 0 Å². The molecule has 0 saturated carbocycles. The number of methoxy groups -OCH3 is 1. The summed E-state index contributed by atoms with van der Waals surface area (Å²) >= 11 is 1.30. The van der Waals surface area contributed by atoms with E-state index in [0.717, 1.165) is 0 Å². The van der Waals surface area contributed by atoms with Gasteiger partial charge in [0.2, 0.25) is 11.8 Å². The Morgan fingerprint density at radius 2 is 2.11 bits per heavy atom. The highest BCUT2D eigenvalue weighted by molar-refractivity contribution is 8.14. The van der Waals surface area contributed by atoms with Gasteiger partial charge in [-0.05, 0) is 6.07 Å². The summed E-state index contributed by atoms with van der Waals surface area (Å²) in [5.74, 6) is -1.52. The molecule has 1 saturated heterocycles. The van der Waals surface area contributed by atoms with Crippen LogP contribution in [-0.2, 0) is 11.4 Å². The van der Waals surface area contributed by atoms with Crippen LogP contribution < -0.4 is 15.4 Å². The lowest BCUT2D eigenvalue weighted by molar-refractivity contribution is 0.356. The molecule has 2 aliphatic heterocycles. The molecule has 1 aromatic heterocycles. The molecule has 0 bridgehead atoms. The minimum absolute atomic E-state index is 0.0739. The van der Waals surface area contributed by atoms with Crippen molar-refractivity contribution in [3.8, 4) is 5.88 Å². The van der Waals surface area contributed by atoms with Crippen LogP contribution in [0.1, 0.15) is 11.3 Å². The van der Waals surface area contributed by atoms with Crippen molar-refractivity contribution in [1.82, 2.24) is 9.97 Å². The average Bonchev–Trinajstić information content (AvgIpc) is 3.08. The van der Waals surface area contributed by atoms with Crippen LogP contribution in [0.5, 0.6) is 5.88 Å². The summed E-state index contributed by atoms with van der Waals surface area (Å²) in [6.45, 7) is 0.0921. The normalized spacial score (nSPS) is 24.1. The lowest BCUT2D eigenvalue weighted by Crippen LogP contribution is -2.40. The molecule has 148 valence electrons. The Morgan fingerprint density at radius 3 is 2.82 bits per heavy atom. The minimum atomic E-state index is -1.09. The van der Waals surface area contributed by atoms with Crippen molar-refractivity contribution < 1.29 is 17.9 Å². The molecule has 4 rings (SSSR count). The van der Waals surface area contributed by atoms with Gasteiger partial charge in [-0.2, -0.15) is 9.37 Å². The topological polar surface area (TPSA) is 76.6 Å². The van der Waals surface area contributed by atoms with Crippen molar-refractivity contribution in [2.24, 2.45) is 16.6 Å². The highest BCUT2D eigenvalue weighted by Crippen LogP contribution is 2.51. The van der Waals surface area contributed by atoms with Crippen molar-refractivity contribution >= 4 is 22.9 Å². The van der Waals surface area contributed by atoms with Gasteiger partial charge in [-0.1, -0.05) is 30.0 Å². The van der Waals surface area contributed by atoms with Crippen LogP contribution >= 0.6 is 11.8 Å². The molecule has 1 aromatic carbocycles. The predicted octanol–water partition coefficient (Wildman–Crippen LogP) is 2.63. The average molecular weight is 409 g/mol. The van der Waals surface area contributed by atoms with Crippen LogP contribution in [0.15, 0.2) is 29.3 Å². The largest absolute Gasteiger partial charge is 0.479 e. The van der Waals surface area contributed by atoms with Gasteiger partial charge in [-0.25, -0.2) is 13.8 Å². The van der Waals surface area contributed by atoms with Crippen molar-refractivity contribution in [1.29, 1.82) is 0 Å². The van der Waals surface area contributed by atoms with Gasteiger partial charge >= 0.3 is 0 Å². The summed E-state index contributed by atoms with van der Waals surface area (Å²) < 4.78 is 46.2. The predicted molar refractivity (Wildman–Crippen MR) is 101 cm³/mol.